The van der Waals surface area contributed by atoms with E-state index in [0.29, 0.717) is 22.3 Å². The number of rotatable bonds is 4. The summed E-state index contributed by atoms with van der Waals surface area (Å²) >= 11 is 12.1. The number of amides is 2. The number of methoxy groups -OCH3 is 1. The van der Waals surface area contributed by atoms with E-state index < -0.39 is 6.03 Å². The molecular formula is C18H16Cl2N4O2. The first-order valence-electron chi connectivity index (χ1n) is 7.71. The largest absolute Gasteiger partial charge is 0.497 e. The number of hydrogen-bond acceptors (Lipinski definition) is 3. The third kappa shape index (κ3) is 3.92. The first-order chi connectivity index (χ1) is 12.5. The van der Waals surface area contributed by atoms with Gasteiger partial charge in [0.15, 0.2) is 0 Å². The van der Waals surface area contributed by atoms with Crippen LogP contribution < -0.4 is 15.4 Å². The summed E-state index contributed by atoms with van der Waals surface area (Å²) in [4.78, 5) is 12.4. The second kappa shape index (κ2) is 7.68. The molecule has 0 aliphatic rings. The van der Waals surface area contributed by atoms with E-state index in [4.69, 9.17) is 27.9 Å². The summed E-state index contributed by atoms with van der Waals surface area (Å²) in [5, 5.41) is 10.5. The maximum atomic E-state index is 12.4. The van der Waals surface area contributed by atoms with Gasteiger partial charge in [0.25, 0.3) is 0 Å². The predicted octanol–water partition coefficient (Wildman–Crippen LogP) is 5.14. The van der Waals surface area contributed by atoms with E-state index in [1.165, 1.54) is 0 Å². The summed E-state index contributed by atoms with van der Waals surface area (Å²) in [7, 11) is 1.59. The number of anilines is 2. The minimum absolute atomic E-state index is 0.279. The number of aryl methyl sites for hydroxylation is 1. The lowest BCUT2D eigenvalue weighted by Crippen LogP contribution is -2.21. The van der Waals surface area contributed by atoms with E-state index in [-0.39, 0.29) is 5.02 Å². The normalized spacial score (nSPS) is 10.5. The lowest BCUT2D eigenvalue weighted by atomic mass is 10.3. The molecule has 0 saturated heterocycles. The summed E-state index contributed by atoms with van der Waals surface area (Å²) in [5.41, 5.74) is 1.93. The molecule has 2 amide bonds. The number of urea groups is 1. The van der Waals surface area contributed by atoms with Crippen molar-refractivity contribution in [2.45, 2.75) is 6.92 Å². The van der Waals surface area contributed by atoms with Crippen molar-refractivity contribution in [1.82, 2.24) is 9.78 Å². The van der Waals surface area contributed by atoms with Crippen LogP contribution in [-0.4, -0.2) is 22.9 Å². The van der Waals surface area contributed by atoms with E-state index in [9.17, 15) is 4.79 Å². The molecule has 1 aromatic heterocycles. The second-order valence-corrected chi connectivity index (χ2v) is 6.25. The molecule has 2 N–H and O–H groups in total. The van der Waals surface area contributed by atoms with Crippen molar-refractivity contribution in [3.05, 3.63) is 64.3 Å². The molecule has 0 fully saturated rings. The summed E-state index contributed by atoms with van der Waals surface area (Å²) in [6, 6.07) is 13.7. The van der Waals surface area contributed by atoms with Crippen molar-refractivity contribution in [2.75, 3.05) is 17.7 Å². The van der Waals surface area contributed by atoms with Crippen LogP contribution in [0.25, 0.3) is 5.69 Å². The molecule has 1 heterocycles. The van der Waals surface area contributed by atoms with Gasteiger partial charge in [-0.1, -0.05) is 35.3 Å². The van der Waals surface area contributed by atoms with Crippen LogP contribution in [0.1, 0.15) is 5.69 Å². The van der Waals surface area contributed by atoms with Crippen LogP contribution in [-0.2, 0) is 0 Å². The van der Waals surface area contributed by atoms with Crippen LogP contribution >= 0.6 is 23.2 Å². The van der Waals surface area contributed by atoms with Crippen LogP contribution in [0.3, 0.4) is 0 Å². The number of aromatic nitrogens is 2. The van der Waals surface area contributed by atoms with E-state index in [0.717, 1.165) is 11.4 Å². The Morgan fingerprint density at radius 3 is 2.65 bits per heavy atom. The van der Waals surface area contributed by atoms with E-state index >= 15 is 0 Å². The Balaban J connectivity index is 1.84. The minimum Gasteiger partial charge on any atom is -0.497 e. The van der Waals surface area contributed by atoms with Crippen molar-refractivity contribution in [1.29, 1.82) is 0 Å². The summed E-state index contributed by atoms with van der Waals surface area (Å²) < 4.78 is 6.86. The van der Waals surface area contributed by atoms with Crippen LogP contribution in [0, 0.1) is 6.92 Å². The van der Waals surface area contributed by atoms with Gasteiger partial charge < -0.3 is 10.1 Å². The van der Waals surface area contributed by atoms with Crippen molar-refractivity contribution in [3.63, 3.8) is 0 Å². The molecule has 3 aromatic rings. The lowest BCUT2D eigenvalue weighted by Gasteiger charge is -2.12. The standard InChI is InChI=1S/C18H16Cl2N4O2/c1-11-9-16(24(23-11)12-5-3-6-13(10-12)26-2)22-18(25)21-15-8-4-7-14(19)17(15)20/h3-10H,1-2H3,(H2,21,22,25). The fourth-order valence-corrected chi connectivity index (χ4v) is 2.75. The molecule has 0 atom stereocenters. The minimum atomic E-state index is -0.460. The molecule has 134 valence electrons. The number of hydrogen-bond donors (Lipinski definition) is 2. The van der Waals surface area contributed by atoms with Crippen LogP contribution in [0.15, 0.2) is 48.5 Å². The Hall–Kier alpha value is -2.70. The summed E-state index contributed by atoms with van der Waals surface area (Å²) in [6.45, 7) is 1.84. The molecule has 3 rings (SSSR count). The third-order valence-corrected chi connectivity index (χ3v) is 4.39. The zero-order valence-corrected chi connectivity index (χ0v) is 15.6. The second-order valence-electron chi connectivity index (χ2n) is 5.46. The molecule has 8 heteroatoms. The Morgan fingerprint density at radius 2 is 1.88 bits per heavy atom. The summed E-state index contributed by atoms with van der Waals surface area (Å²) in [5.74, 6) is 1.20. The van der Waals surface area contributed by atoms with Gasteiger partial charge in [0.1, 0.15) is 11.6 Å². The van der Waals surface area contributed by atoms with Crippen molar-refractivity contribution in [2.24, 2.45) is 0 Å². The van der Waals surface area contributed by atoms with Crippen molar-refractivity contribution in [3.8, 4) is 11.4 Å². The maximum absolute atomic E-state index is 12.4. The SMILES string of the molecule is COc1cccc(-n2nc(C)cc2NC(=O)Nc2cccc(Cl)c2Cl)c1. The first-order valence-corrected chi connectivity index (χ1v) is 8.46. The number of halogens is 2. The van der Waals surface area contributed by atoms with Crippen LogP contribution in [0.5, 0.6) is 5.75 Å². The third-order valence-electron chi connectivity index (χ3n) is 3.57. The zero-order valence-electron chi connectivity index (χ0n) is 14.1. The number of benzene rings is 2. The monoisotopic (exact) mass is 390 g/mol. The quantitative estimate of drug-likeness (QED) is 0.647. The highest BCUT2D eigenvalue weighted by Crippen LogP contribution is 2.29. The Kier molecular flexibility index (Phi) is 5.35. The van der Waals surface area contributed by atoms with Gasteiger partial charge >= 0.3 is 6.03 Å². The average Bonchev–Trinajstić information content (AvgIpc) is 2.99. The molecule has 0 unspecified atom stereocenters. The van der Waals surface area contributed by atoms with Gasteiger partial charge in [-0.3, -0.25) is 5.32 Å². The van der Waals surface area contributed by atoms with Gasteiger partial charge in [-0.25, -0.2) is 9.48 Å². The van der Waals surface area contributed by atoms with Gasteiger partial charge in [-0.15, -0.1) is 0 Å². The number of carbonyl (C=O) groups excluding carboxylic acids is 1. The number of nitrogens with zero attached hydrogens (tertiary/aromatic N) is 2. The Labute approximate surface area is 160 Å². The number of carbonyl (C=O) groups is 1. The maximum Gasteiger partial charge on any atom is 0.324 e. The molecule has 26 heavy (non-hydrogen) atoms. The van der Waals surface area contributed by atoms with E-state index in [2.05, 4.69) is 15.7 Å². The molecule has 0 aliphatic heterocycles. The van der Waals surface area contributed by atoms with Gasteiger partial charge in [0.2, 0.25) is 0 Å². The zero-order chi connectivity index (χ0) is 18.7. The highest BCUT2D eigenvalue weighted by Gasteiger charge is 2.13. The van der Waals surface area contributed by atoms with Gasteiger partial charge in [-0.2, -0.15) is 5.10 Å². The van der Waals surface area contributed by atoms with Crippen LogP contribution in [0.4, 0.5) is 16.3 Å². The van der Waals surface area contributed by atoms with E-state index in [1.54, 1.807) is 36.1 Å². The topological polar surface area (TPSA) is 68.2 Å². The lowest BCUT2D eigenvalue weighted by molar-refractivity contribution is 0.262. The number of nitrogens with one attached hydrogen (secondary N) is 2. The fourth-order valence-electron chi connectivity index (χ4n) is 2.40. The molecule has 0 bridgehead atoms. The van der Waals surface area contributed by atoms with Crippen LogP contribution in [0.2, 0.25) is 10.0 Å². The highest BCUT2D eigenvalue weighted by molar-refractivity contribution is 6.44. The summed E-state index contributed by atoms with van der Waals surface area (Å²) in [6.07, 6.45) is 0. The smallest absolute Gasteiger partial charge is 0.324 e. The van der Waals surface area contributed by atoms with E-state index in [1.807, 2.05) is 31.2 Å². The van der Waals surface area contributed by atoms with Gasteiger partial charge in [0, 0.05) is 12.1 Å². The molecule has 0 radical (unpaired) electrons. The van der Waals surface area contributed by atoms with Gasteiger partial charge in [-0.05, 0) is 31.2 Å². The molecular weight excluding hydrogens is 375 g/mol. The molecule has 0 saturated carbocycles. The molecule has 2 aromatic carbocycles. The first kappa shape index (κ1) is 18.1. The Morgan fingerprint density at radius 1 is 1.12 bits per heavy atom. The predicted molar refractivity (Wildman–Crippen MR) is 104 cm³/mol. The molecule has 0 spiro atoms. The average molecular weight is 391 g/mol. The van der Waals surface area contributed by atoms with Gasteiger partial charge in [0.05, 0.1) is 34.2 Å². The fraction of sp³-hybridized carbons (Fsp3) is 0.111. The van der Waals surface area contributed by atoms with Crippen molar-refractivity contribution >= 4 is 40.7 Å². The van der Waals surface area contributed by atoms with Crippen molar-refractivity contribution < 1.29 is 9.53 Å². The number of ether oxygens (including phenoxy) is 1. The molecule has 6 nitrogen and oxygen atoms in total. The molecule has 0 aliphatic carbocycles. The highest BCUT2D eigenvalue weighted by atomic mass is 35.5. The Bertz CT molecular complexity index is 956.